The lowest BCUT2D eigenvalue weighted by Crippen LogP contribution is -2.43. The van der Waals surface area contributed by atoms with E-state index in [9.17, 15) is 4.39 Å². The van der Waals surface area contributed by atoms with E-state index in [1.807, 2.05) is 30.1 Å². The lowest BCUT2D eigenvalue weighted by atomic mass is 10.1. The van der Waals surface area contributed by atoms with E-state index in [0.29, 0.717) is 22.7 Å². The Hall–Kier alpha value is -2.45. The van der Waals surface area contributed by atoms with Crippen LogP contribution >= 0.6 is 11.9 Å². The van der Waals surface area contributed by atoms with Crippen molar-refractivity contribution in [1.82, 2.24) is 19.3 Å². The second-order valence-corrected chi connectivity index (χ2v) is 7.88. The normalized spacial score (nSPS) is 15.2. The molecule has 1 aliphatic heterocycles. The number of rotatable bonds is 5. The molecule has 3 heterocycles. The van der Waals surface area contributed by atoms with Gasteiger partial charge in [-0.1, -0.05) is 24.9 Å². The summed E-state index contributed by atoms with van der Waals surface area (Å²) in [5, 5.41) is 3.05. The first-order valence-electron chi connectivity index (χ1n) is 9.42. The molecule has 6 nitrogen and oxygen atoms in total. The van der Waals surface area contributed by atoms with Gasteiger partial charge in [0.1, 0.15) is 11.3 Å². The summed E-state index contributed by atoms with van der Waals surface area (Å²) in [5.41, 5.74) is 3.48. The number of hydrogen-bond acceptors (Lipinski definition) is 7. The van der Waals surface area contributed by atoms with E-state index in [0.717, 1.165) is 43.0 Å². The van der Waals surface area contributed by atoms with Gasteiger partial charge in [0.05, 0.1) is 16.9 Å². The summed E-state index contributed by atoms with van der Waals surface area (Å²) < 4.78 is 17.3. The van der Waals surface area contributed by atoms with Crippen molar-refractivity contribution >= 4 is 34.5 Å². The summed E-state index contributed by atoms with van der Waals surface area (Å²) in [4.78, 5) is 15.4. The van der Waals surface area contributed by atoms with Gasteiger partial charge in [0, 0.05) is 56.9 Å². The summed E-state index contributed by atoms with van der Waals surface area (Å²) >= 11 is 1.85. The minimum atomic E-state index is -0.221. The second kappa shape index (κ2) is 8.28. The number of nitrogens with zero attached hydrogens (tertiary/aromatic N) is 5. The third kappa shape index (κ3) is 3.74. The van der Waals surface area contributed by atoms with E-state index in [1.165, 1.54) is 0 Å². The molecule has 0 aliphatic carbocycles. The maximum absolute atomic E-state index is 14.9. The number of nitrogens with one attached hydrogen (secondary N) is 1. The molecule has 1 aliphatic rings. The Morgan fingerprint density at radius 3 is 2.61 bits per heavy atom. The fourth-order valence-corrected chi connectivity index (χ4v) is 4.24. The average Bonchev–Trinajstić information content (AvgIpc) is 2.74. The molecule has 4 rings (SSSR count). The van der Waals surface area contributed by atoms with Crippen molar-refractivity contribution in [2.24, 2.45) is 0 Å². The molecule has 0 spiro atoms. The molecule has 3 aromatic rings. The summed E-state index contributed by atoms with van der Waals surface area (Å²) in [6.45, 7) is 5.70. The van der Waals surface area contributed by atoms with E-state index in [1.54, 1.807) is 25.5 Å². The predicted octanol–water partition coefficient (Wildman–Crippen LogP) is 3.66. The number of anilines is 2. The fourth-order valence-electron chi connectivity index (χ4n) is 3.46. The molecule has 0 bridgehead atoms. The lowest BCUT2D eigenvalue weighted by Gasteiger charge is -2.35. The Bertz CT molecular complexity index is 974. The summed E-state index contributed by atoms with van der Waals surface area (Å²) in [6, 6.07) is 7.19. The Labute approximate surface area is 168 Å². The topological polar surface area (TPSA) is 57.2 Å². The number of piperazine rings is 1. The van der Waals surface area contributed by atoms with Crippen molar-refractivity contribution in [1.29, 1.82) is 0 Å². The monoisotopic (exact) mass is 398 g/mol. The second-order valence-electron chi connectivity index (χ2n) is 6.53. The fraction of sp³-hybridized carbons (Fsp3) is 0.350. The molecule has 1 fully saturated rings. The Morgan fingerprint density at radius 1 is 1.11 bits per heavy atom. The van der Waals surface area contributed by atoms with Crippen LogP contribution in [0.3, 0.4) is 0 Å². The molecule has 0 amide bonds. The zero-order valence-corrected chi connectivity index (χ0v) is 16.8. The van der Waals surface area contributed by atoms with Gasteiger partial charge < -0.3 is 10.2 Å². The highest BCUT2D eigenvalue weighted by Crippen LogP contribution is 2.29. The number of aromatic nitrogens is 3. The molecule has 2 aromatic heterocycles. The quantitative estimate of drug-likeness (QED) is 0.658. The summed E-state index contributed by atoms with van der Waals surface area (Å²) in [6.07, 6.45) is 3.28. The van der Waals surface area contributed by atoms with Crippen molar-refractivity contribution < 1.29 is 4.39 Å². The maximum Gasteiger partial charge on any atom is 0.154 e. The number of benzene rings is 1. The van der Waals surface area contributed by atoms with Gasteiger partial charge in [-0.3, -0.25) is 4.98 Å². The molecule has 0 saturated carbocycles. The van der Waals surface area contributed by atoms with Crippen LogP contribution in [0.2, 0.25) is 0 Å². The SMILES string of the molecule is CCSN1CCN(c2ccc(-c3cc4nccnc4c(NC)n3)cc2F)CC1. The van der Waals surface area contributed by atoms with Gasteiger partial charge in [0.15, 0.2) is 5.82 Å². The smallest absolute Gasteiger partial charge is 0.154 e. The van der Waals surface area contributed by atoms with Gasteiger partial charge in [-0.05, 0) is 18.2 Å². The van der Waals surface area contributed by atoms with Crippen molar-refractivity contribution in [3.05, 3.63) is 42.5 Å². The van der Waals surface area contributed by atoms with Crippen molar-refractivity contribution in [3.63, 3.8) is 0 Å². The van der Waals surface area contributed by atoms with Crippen LogP contribution in [0.15, 0.2) is 36.7 Å². The molecule has 1 N–H and O–H groups in total. The molecule has 8 heteroatoms. The zero-order valence-electron chi connectivity index (χ0n) is 16.0. The van der Waals surface area contributed by atoms with Gasteiger partial charge in [0.25, 0.3) is 0 Å². The minimum absolute atomic E-state index is 0.221. The lowest BCUT2D eigenvalue weighted by molar-refractivity contribution is 0.426. The first-order valence-corrected chi connectivity index (χ1v) is 10.4. The third-order valence-electron chi connectivity index (χ3n) is 4.83. The van der Waals surface area contributed by atoms with Crippen LogP contribution in [-0.2, 0) is 0 Å². The average molecular weight is 399 g/mol. The number of pyridine rings is 1. The molecule has 0 unspecified atom stereocenters. The molecular formula is C20H23FN6S. The highest BCUT2D eigenvalue weighted by atomic mass is 32.2. The van der Waals surface area contributed by atoms with E-state index in [2.05, 4.69) is 36.4 Å². The number of halogens is 1. The highest BCUT2D eigenvalue weighted by molar-refractivity contribution is 7.96. The molecule has 1 saturated heterocycles. The summed E-state index contributed by atoms with van der Waals surface area (Å²) in [5.74, 6) is 1.48. The minimum Gasteiger partial charge on any atom is -0.371 e. The third-order valence-corrected chi connectivity index (χ3v) is 5.82. The van der Waals surface area contributed by atoms with Crippen LogP contribution in [0.4, 0.5) is 15.9 Å². The van der Waals surface area contributed by atoms with Crippen LogP contribution < -0.4 is 10.2 Å². The maximum atomic E-state index is 14.9. The van der Waals surface area contributed by atoms with Gasteiger partial charge in [-0.15, -0.1) is 0 Å². The van der Waals surface area contributed by atoms with Crippen molar-refractivity contribution in [2.75, 3.05) is 49.2 Å². The standard InChI is InChI=1S/C20H23FN6S/c1-3-28-27-10-8-26(9-11-27)18-5-4-14(12-15(18)21)16-13-17-19(20(22-2)25-16)24-7-6-23-17/h4-7,12-13H,3,8-11H2,1-2H3,(H,22,25). The molecule has 0 atom stereocenters. The first kappa shape index (κ1) is 18.9. The van der Waals surface area contributed by atoms with Crippen molar-refractivity contribution in [2.45, 2.75) is 6.92 Å². The summed E-state index contributed by atoms with van der Waals surface area (Å²) in [7, 11) is 1.79. The Kier molecular flexibility index (Phi) is 5.59. The van der Waals surface area contributed by atoms with Gasteiger partial charge >= 0.3 is 0 Å². The zero-order chi connectivity index (χ0) is 19.5. The predicted molar refractivity (Wildman–Crippen MR) is 114 cm³/mol. The number of hydrogen-bond donors (Lipinski definition) is 1. The number of fused-ring (bicyclic) bond motifs is 1. The van der Waals surface area contributed by atoms with Crippen LogP contribution in [-0.4, -0.2) is 58.2 Å². The van der Waals surface area contributed by atoms with E-state index in [-0.39, 0.29) is 5.82 Å². The largest absolute Gasteiger partial charge is 0.371 e. The highest BCUT2D eigenvalue weighted by Gasteiger charge is 2.20. The molecule has 1 aromatic carbocycles. The van der Waals surface area contributed by atoms with E-state index < -0.39 is 0 Å². The molecule has 146 valence electrons. The van der Waals surface area contributed by atoms with E-state index in [4.69, 9.17) is 0 Å². The Morgan fingerprint density at radius 2 is 1.89 bits per heavy atom. The van der Waals surface area contributed by atoms with Crippen molar-refractivity contribution in [3.8, 4) is 11.3 Å². The van der Waals surface area contributed by atoms with Gasteiger partial charge in [-0.25, -0.2) is 18.7 Å². The van der Waals surface area contributed by atoms with Crippen LogP contribution in [0.1, 0.15) is 6.92 Å². The van der Waals surface area contributed by atoms with Gasteiger partial charge in [-0.2, -0.15) is 0 Å². The van der Waals surface area contributed by atoms with Gasteiger partial charge in [0.2, 0.25) is 0 Å². The van der Waals surface area contributed by atoms with Crippen LogP contribution in [0, 0.1) is 5.82 Å². The Balaban J connectivity index is 1.61. The molecule has 28 heavy (non-hydrogen) atoms. The van der Waals surface area contributed by atoms with Crippen LogP contribution in [0.5, 0.6) is 0 Å². The first-order chi connectivity index (χ1) is 13.7. The molecular weight excluding hydrogens is 375 g/mol. The molecule has 0 radical (unpaired) electrons. The van der Waals surface area contributed by atoms with E-state index >= 15 is 0 Å². The van der Waals surface area contributed by atoms with Crippen LogP contribution in [0.25, 0.3) is 22.3 Å².